The Balaban J connectivity index is 7.55. The average molecular weight is 619 g/mol. The Bertz CT molecular complexity index is 729. The molecule has 1 atom stereocenters. The summed E-state index contributed by atoms with van der Waals surface area (Å²) in [4.78, 5) is -2.32. The third kappa shape index (κ3) is 7.62. The third-order valence-electron chi connectivity index (χ3n) is 2.89. The summed E-state index contributed by atoms with van der Waals surface area (Å²) in [6.45, 7) is 0. The summed E-state index contributed by atoms with van der Waals surface area (Å²) in [5.74, 6) is -8.83. The van der Waals surface area contributed by atoms with Crippen LogP contribution in [0.4, 0.5) is 101 Å². The molecule has 0 aromatic heterocycles. The Morgan fingerprint density at radius 3 is 0.784 bits per heavy atom. The predicted octanol–water partition coefficient (Wildman–Crippen LogP) is 6.73. The third-order valence-corrected chi connectivity index (χ3v) is 2.89. The molecule has 0 saturated heterocycles. The summed E-state index contributed by atoms with van der Waals surface area (Å²) < 4.78 is 292. The van der Waals surface area contributed by atoms with Crippen molar-refractivity contribution < 1.29 is 111 Å². The number of nitrogens with zero attached hydrogens (tertiary/aromatic N) is 3. The molecule has 0 bridgehead atoms. The zero-order valence-electron chi connectivity index (χ0n) is 15.4. The molecule has 224 valence electrons. The zero-order valence-corrected chi connectivity index (χ0v) is 15.4. The van der Waals surface area contributed by atoms with E-state index in [0.717, 1.165) is 0 Å². The van der Waals surface area contributed by atoms with Crippen molar-refractivity contribution in [3.05, 3.63) is 0 Å². The second-order valence-corrected chi connectivity index (χ2v) is 5.57. The van der Waals surface area contributed by atoms with E-state index in [2.05, 4.69) is 0 Å². The minimum Gasteiger partial charge on any atom is -0.227 e. The van der Waals surface area contributed by atoms with Crippen LogP contribution in [0.1, 0.15) is 0 Å². The van der Waals surface area contributed by atoms with Crippen LogP contribution in [0.2, 0.25) is 0 Å². The van der Waals surface area contributed by atoms with E-state index < -0.39 is 70.8 Å². The normalized spacial score (nSPS) is 17.7. The van der Waals surface area contributed by atoms with E-state index in [1.807, 2.05) is 0 Å². The van der Waals surface area contributed by atoms with E-state index in [1.165, 1.54) is 9.68 Å². The van der Waals surface area contributed by atoms with Crippen molar-refractivity contribution in [3.63, 3.8) is 0 Å². The molecule has 0 rings (SSSR count). The highest BCUT2D eigenvalue weighted by atomic mass is 19.4. The highest BCUT2D eigenvalue weighted by Gasteiger charge is 2.86. The van der Waals surface area contributed by atoms with Gasteiger partial charge >= 0.3 is 55.8 Å². The highest BCUT2D eigenvalue weighted by molar-refractivity contribution is 4.95. The van der Waals surface area contributed by atoms with Crippen LogP contribution < -0.4 is 0 Å². The lowest BCUT2D eigenvalue weighted by Crippen LogP contribution is -2.75. The van der Waals surface area contributed by atoms with Crippen molar-refractivity contribution in [1.82, 2.24) is 15.0 Å². The molecule has 28 heteroatoms. The fourth-order valence-electron chi connectivity index (χ4n) is 1.68. The van der Waals surface area contributed by atoms with Gasteiger partial charge in [0.25, 0.3) is 0 Å². The van der Waals surface area contributed by atoms with Crippen molar-refractivity contribution in [1.29, 1.82) is 0 Å². The van der Waals surface area contributed by atoms with Gasteiger partial charge in [-0.1, -0.05) is 4.90 Å². The van der Waals surface area contributed by atoms with E-state index in [4.69, 9.17) is 0 Å². The van der Waals surface area contributed by atoms with E-state index in [-0.39, 0.29) is 0 Å². The van der Waals surface area contributed by atoms with Crippen LogP contribution in [0.3, 0.4) is 0 Å². The maximum Gasteiger partial charge on any atom is 0.490 e. The Hall–Kier alpha value is -1.81. The van der Waals surface area contributed by atoms with Crippen LogP contribution in [0, 0.1) is 0 Å². The molecule has 0 N–H and O–H groups in total. The van der Waals surface area contributed by atoms with E-state index >= 15 is 0 Å². The molecule has 0 aromatic carbocycles. The molecule has 0 heterocycles. The van der Waals surface area contributed by atoms with Crippen LogP contribution >= 0.6 is 0 Å². The molecule has 0 radical (unpaired) electrons. The van der Waals surface area contributed by atoms with Crippen LogP contribution in [-0.2, 0) is 9.68 Å². The Morgan fingerprint density at radius 1 is 0.324 bits per heavy atom. The smallest absolute Gasteiger partial charge is 0.227 e. The van der Waals surface area contributed by atoms with Gasteiger partial charge in [0, 0.05) is 10.1 Å². The molecule has 0 aliphatic carbocycles. The van der Waals surface area contributed by atoms with Gasteiger partial charge in [0.05, 0.1) is 0 Å². The van der Waals surface area contributed by atoms with E-state index in [9.17, 15) is 101 Å². The molecule has 0 aromatic rings. The molecule has 5 nitrogen and oxygen atoms in total. The quantitative estimate of drug-likeness (QED) is 0.179. The summed E-state index contributed by atoms with van der Waals surface area (Å²) in [5.41, 5.74) is 0. The maximum atomic E-state index is 14.4. The second-order valence-electron chi connectivity index (χ2n) is 5.57. The Kier molecular flexibility index (Phi) is 8.97. The van der Waals surface area contributed by atoms with Gasteiger partial charge in [-0.3, -0.25) is 0 Å². The van der Waals surface area contributed by atoms with Crippen LogP contribution in [0.25, 0.3) is 0 Å². The summed E-state index contributed by atoms with van der Waals surface area (Å²) in [7, 11) is 0. The maximum absolute atomic E-state index is 14.4. The Morgan fingerprint density at radius 2 is 0.568 bits per heavy atom. The van der Waals surface area contributed by atoms with Crippen LogP contribution in [0.15, 0.2) is 0 Å². The monoisotopic (exact) mass is 619 g/mol. The summed E-state index contributed by atoms with van der Waals surface area (Å²) in [6, 6.07) is -8.86. The molecular formula is C9F23N3O2. The lowest BCUT2D eigenvalue weighted by molar-refractivity contribution is -0.620. The van der Waals surface area contributed by atoms with Crippen molar-refractivity contribution in [2.45, 2.75) is 55.8 Å². The zero-order chi connectivity index (χ0) is 30.6. The number of alkyl halides is 23. The largest absolute Gasteiger partial charge is 0.490 e. The molecule has 0 aliphatic rings. The van der Waals surface area contributed by atoms with Crippen LogP contribution in [-0.4, -0.2) is 70.8 Å². The van der Waals surface area contributed by atoms with Crippen molar-refractivity contribution in [2.75, 3.05) is 0 Å². The van der Waals surface area contributed by atoms with Gasteiger partial charge in [0.1, 0.15) is 0 Å². The van der Waals surface area contributed by atoms with E-state index in [0.29, 0.717) is 0 Å². The lowest BCUT2D eigenvalue weighted by atomic mass is 10.2. The first-order chi connectivity index (χ1) is 15.5. The van der Waals surface area contributed by atoms with Gasteiger partial charge in [0.15, 0.2) is 0 Å². The van der Waals surface area contributed by atoms with E-state index in [1.54, 1.807) is 0 Å². The molecule has 0 amide bonds. The number of rotatable bonds is 7. The summed E-state index contributed by atoms with van der Waals surface area (Å²) in [6.07, 6.45) is -55.5. The topological polar surface area (TPSA) is 28.2 Å². The summed E-state index contributed by atoms with van der Waals surface area (Å²) >= 11 is 0. The molecule has 0 saturated carbocycles. The lowest BCUT2D eigenvalue weighted by Gasteiger charge is -2.44. The predicted molar refractivity (Wildman–Crippen MR) is 57.7 cm³/mol. The van der Waals surface area contributed by atoms with Gasteiger partial charge in [-0.15, -0.1) is 0 Å². The van der Waals surface area contributed by atoms with Crippen LogP contribution in [0.5, 0.6) is 0 Å². The minimum absolute atomic E-state index is 1.27. The fourth-order valence-corrected chi connectivity index (χ4v) is 1.68. The molecule has 0 fully saturated rings. The second kappa shape index (κ2) is 9.43. The van der Waals surface area contributed by atoms with Crippen molar-refractivity contribution in [2.24, 2.45) is 0 Å². The first kappa shape index (κ1) is 35.2. The number of hydroxylamine groups is 4. The van der Waals surface area contributed by atoms with Gasteiger partial charge < -0.3 is 0 Å². The van der Waals surface area contributed by atoms with Gasteiger partial charge in [-0.2, -0.15) is 101 Å². The molecule has 0 spiro atoms. The molecule has 0 aliphatic heterocycles. The fraction of sp³-hybridized carbons (Fsp3) is 1.00. The van der Waals surface area contributed by atoms with Crippen molar-refractivity contribution in [3.8, 4) is 0 Å². The molecular weight excluding hydrogens is 619 g/mol. The first-order valence-corrected chi connectivity index (χ1v) is 7.19. The number of halogens is 23. The van der Waals surface area contributed by atoms with Crippen molar-refractivity contribution >= 4 is 0 Å². The standard InChI is InChI=1S/C9F23N3O2/c10-1(36-34(6(21,22)23)7(24,25)26,2(11,12)33(4(15,16)17)5(18,19)20)3(13,14)37-35(8(27,28)29)9(30,31)32. The van der Waals surface area contributed by atoms with Gasteiger partial charge in [0.2, 0.25) is 0 Å². The molecule has 37 heavy (non-hydrogen) atoms. The first-order valence-electron chi connectivity index (χ1n) is 7.19. The summed E-state index contributed by atoms with van der Waals surface area (Å²) in [5, 5.41) is -8.73. The Labute approximate surface area is 183 Å². The average Bonchev–Trinajstić information content (AvgIpc) is 2.49. The van der Waals surface area contributed by atoms with Gasteiger partial charge in [-0.05, 0) is 0 Å². The SMILES string of the molecule is FC(F)(F)N(OC(F)(F)C(F)(ON(C(F)(F)F)C(F)(F)F)C(F)(F)N(C(F)(F)F)C(F)(F)F)C(F)(F)F. The molecule has 1 unspecified atom stereocenters. The highest BCUT2D eigenvalue weighted by Crippen LogP contribution is 2.56. The van der Waals surface area contributed by atoms with Gasteiger partial charge in [-0.25, -0.2) is 9.68 Å². The number of hydrogen-bond acceptors (Lipinski definition) is 5. The minimum atomic E-state index is -8.86. The number of hydrogen-bond donors (Lipinski definition) is 0.